The topological polar surface area (TPSA) is 27.1 Å². The number of benzene rings is 1. The highest BCUT2D eigenvalue weighted by molar-refractivity contribution is 5.81. The van der Waals surface area contributed by atoms with Crippen LogP contribution in [0.5, 0.6) is 6.01 Å². The van der Waals surface area contributed by atoms with Gasteiger partial charge in [-0.1, -0.05) is 12.1 Å². The molecule has 72 valence electrons. The second kappa shape index (κ2) is 2.74. The fraction of sp³-hybridized carbons (Fsp3) is 0.364. The molecule has 3 rings (SSSR count). The number of methoxy groups -OCH3 is 1. The van der Waals surface area contributed by atoms with Crippen LogP contribution in [0.1, 0.15) is 12.0 Å². The molecule has 0 spiro atoms. The molecule has 0 fully saturated rings. The summed E-state index contributed by atoms with van der Waals surface area (Å²) in [6.45, 7) is 1.02. The molecule has 1 aromatic heterocycles. The average molecular weight is 188 g/mol. The van der Waals surface area contributed by atoms with Crippen LogP contribution >= 0.6 is 0 Å². The van der Waals surface area contributed by atoms with Crippen LogP contribution in [-0.4, -0.2) is 16.7 Å². The fourth-order valence-electron chi connectivity index (χ4n) is 2.23. The van der Waals surface area contributed by atoms with E-state index >= 15 is 0 Å². The summed E-state index contributed by atoms with van der Waals surface area (Å²) < 4.78 is 7.44. The lowest BCUT2D eigenvalue weighted by atomic mass is 10.1. The molecule has 1 aliphatic rings. The van der Waals surface area contributed by atoms with E-state index in [2.05, 4.69) is 21.7 Å². The number of aryl methyl sites for hydroxylation is 2. The van der Waals surface area contributed by atoms with Crippen molar-refractivity contribution in [2.45, 2.75) is 19.4 Å². The molecule has 2 heterocycles. The predicted molar refractivity (Wildman–Crippen MR) is 54.6 cm³/mol. The van der Waals surface area contributed by atoms with Gasteiger partial charge in [0.15, 0.2) is 0 Å². The average Bonchev–Trinajstić information content (AvgIpc) is 2.60. The molecule has 1 aliphatic heterocycles. The van der Waals surface area contributed by atoms with Crippen LogP contribution in [0.15, 0.2) is 18.2 Å². The minimum absolute atomic E-state index is 0.743. The quantitative estimate of drug-likeness (QED) is 0.684. The minimum atomic E-state index is 0.743. The zero-order chi connectivity index (χ0) is 9.54. The summed E-state index contributed by atoms with van der Waals surface area (Å²) in [5, 5.41) is 0. The van der Waals surface area contributed by atoms with Crippen LogP contribution < -0.4 is 4.74 Å². The zero-order valence-electron chi connectivity index (χ0n) is 8.16. The van der Waals surface area contributed by atoms with E-state index in [1.165, 1.54) is 17.5 Å². The predicted octanol–water partition coefficient (Wildman–Crippen LogP) is 1.99. The summed E-state index contributed by atoms with van der Waals surface area (Å²) in [5.41, 5.74) is 3.71. The smallest absolute Gasteiger partial charge is 0.297 e. The third kappa shape index (κ3) is 0.895. The molecule has 3 nitrogen and oxygen atoms in total. The molecule has 1 aromatic carbocycles. The number of hydrogen-bond acceptors (Lipinski definition) is 2. The first-order chi connectivity index (χ1) is 6.90. The molecule has 0 radical (unpaired) electrons. The second-order valence-corrected chi connectivity index (χ2v) is 3.64. The Hall–Kier alpha value is -1.51. The van der Waals surface area contributed by atoms with Crippen molar-refractivity contribution in [3.8, 4) is 6.01 Å². The van der Waals surface area contributed by atoms with Gasteiger partial charge < -0.3 is 4.74 Å². The number of imidazole rings is 1. The number of hydrogen-bond donors (Lipinski definition) is 0. The molecular weight excluding hydrogens is 176 g/mol. The number of nitrogens with zero attached hydrogens (tertiary/aromatic N) is 2. The van der Waals surface area contributed by atoms with Gasteiger partial charge in [-0.15, -0.1) is 0 Å². The summed E-state index contributed by atoms with van der Waals surface area (Å²) in [6, 6.07) is 7.04. The van der Waals surface area contributed by atoms with Crippen molar-refractivity contribution in [1.82, 2.24) is 9.55 Å². The highest BCUT2D eigenvalue weighted by Crippen LogP contribution is 2.29. The first kappa shape index (κ1) is 7.85. The third-order valence-corrected chi connectivity index (χ3v) is 2.83. The number of aromatic nitrogens is 2. The second-order valence-electron chi connectivity index (χ2n) is 3.64. The van der Waals surface area contributed by atoms with E-state index in [0.29, 0.717) is 0 Å². The molecule has 3 heteroatoms. The normalized spacial score (nSPS) is 14.6. The molecule has 14 heavy (non-hydrogen) atoms. The van der Waals surface area contributed by atoms with Gasteiger partial charge in [0.2, 0.25) is 0 Å². The van der Waals surface area contributed by atoms with Crippen LogP contribution in [0.2, 0.25) is 0 Å². The maximum absolute atomic E-state index is 5.26. The molecule has 2 aromatic rings. The molecule has 0 atom stereocenters. The Morgan fingerprint density at radius 3 is 3.21 bits per heavy atom. The Labute approximate surface area is 82.3 Å². The lowest BCUT2D eigenvalue weighted by molar-refractivity contribution is 0.356. The molecule has 0 unspecified atom stereocenters. The van der Waals surface area contributed by atoms with Gasteiger partial charge in [0.25, 0.3) is 6.01 Å². The lowest BCUT2D eigenvalue weighted by Crippen LogP contribution is -2.08. The van der Waals surface area contributed by atoms with Crippen molar-refractivity contribution >= 4 is 11.0 Å². The van der Waals surface area contributed by atoms with Gasteiger partial charge >= 0.3 is 0 Å². The summed E-state index contributed by atoms with van der Waals surface area (Å²) >= 11 is 0. The third-order valence-electron chi connectivity index (χ3n) is 2.83. The van der Waals surface area contributed by atoms with E-state index < -0.39 is 0 Å². The van der Waals surface area contributed by atoms with Gasteiger partial charge in [-0.3, -0.25) is 4.57 Å². The molecule has 0 bridgehead atoms. The Morgan fingerprint density at radius 2 is 2.36 bits per heavy atom. The monoisotopic (exact) mass is 188 g/mol. The van der Waals surface area contributed by atoms with E-state index in [9.17, 15) is 0 Å². The molecule has 0 saturated carbocycles. The SMILES string of the molecule is COc1nc2cccc3c2n1CCC3. The van der Waals surface area contributed by atoms with Gasteiger partial charge in [0, 0.05) is 6.54 Å². The lowest BCUT2D eigenvalue weighted by Gasteiger charge is -2.15. The first-order valence-electron chi connectivity index (χ1n) is 4.92. The summed E-state index contributed by atoms with van der Waals surface area (Å²) in [5.74, 6) is 0. The summed E-state index contributed by atoms with van der Waals surface area (Å²) in [6.07, 6.45) is 2.34. The molecule has 0 saturated heterocycles. The molecular formula is C11H12N2O. The molecule has 0 aliphatic carbocycles. The van der Waals surface area contributed by atoms with E-state index in [1.54, 1.807) is 7.11 Å². The van der Waals surface area contributed by atoms with Crippen molar-refractivity contribution in [1.29, 1.82) is 0 Å². The van der Waals surface area contributed by atoms with Crippen molar-refractivity contribution < 1.29 is 4.74 Å². The zero-order valence-corrected chi connectivity index (χ0v) is 8.16. The Balaban J connectivity index is 2.42. The molecule has 0 amide bonds. The number of rotatable bonds is 1. The van der Waals surface area contributed by atoms with Crippen molar-refractivity contribution in [2.24, 2.45) is 0 Å². The summed E-state index contributed by atoms with van der Waals surface area (Å²) in [7, 11) is 1.68. The van der Waals surface area contributed by atoms with Gasteiger partial charge in [-0.2, -0.15) is 4.98 Å². The van der Waals surface area contributed by atoms with Crippen molar-refractivity contribution in [3.05, 3.63) is 23.8 Å². The van der Waals surface area contributed by atoms with Crippen LogP contribution in [0.25, 0.3) is 11.0 Å². The maximum Gasteiger partial charge on any atom is 0.297 e. The van der Waals surface area contributed by atoms with Crippen LogP contribution in [0, 0.1) is 0 Å². The van der Waals surface area contributed by atoms with Crippen LogP contribution in [-0.2, 0) is 13.0 Å². The Morgan fingerprint density at radius 1 is 1.43 bits per heavy atom. The number of ether oxygens (including phenoxy) is 1. The highest BCUT2D eigenvalue weighted by Gasteiger charge is 2.17. The standard InChI is InChI=1S/C11H12N2O/c1-14-11-12-9-6-2-4-8-5-3-7-13(11)10(8)9/h2,4,6H,3,5,7H2,1H3. The number of para-hydroxylation sites is 1. The largest absolute Gasteiger partial charge is 0.468 e. The van der Waals surface area contributed by atoms with E-state index in [-0.39, 0.29) is 0 Å². The Bertz CT molecular complexity index is 487. The van der Waals surface area contributed by atoms with Gasteiger partial charge in [-0.25, -0.2) is 0 Å². The minimum Gasteiger partial charge on any atom is -0.468 e. The summed E-state index contributed by atoms with van der Waals surface area (Å²) in [4.78, 5) is 4.44. The van der Waals surface area contributed by atoms with Crippen molar-refractivity contribution in [3.63, 3.8) is 0 Å². The highest BCUT2D eigenvalue weighted by atomic mass is 16.5. The molecule has 0 N–H and O–H groups in total. The van der Waals surface area contributed by atoms with Gasteiger partial charge in [-0.05, 0) is 24.5 Å². The Kier molecular flexibility index (Phi) is 1.54. The van der Waals surface area contributed by atoms with Crippen LogP contribution in [0.4, 0.5) is 0 Å². The van der Waals surface area contributed by atoms with Crippen molar-refractivity contribution in [2.75, 3.05) is 7.11 Å². The first-order valence-corrected chi connectivity index (χ1v) is 4.92. The fourth-order valence-corrected chi connectivity index (χ4v) is 2.23. The van der Waals surface area contributed by atoms with E-state index in [0.717, 1.165) is 24.5 Å². The van der Waals surface area contributed by atoms with E-state index in [4.69, 9.17) is 4.74 Å². The maximum atomic E-state index is 5.26. The van der Waals surface area contributed by atoms with E-state index in [1.807, 2.05) is 6.07 Å². The van der Waals surface area contributed by atoms with Gasteiger partial charge in [0.05, 0.1) is 18.1 Å². The van der Waals surface area contributed by atoms with Gasteiger partial charge in [0.1, 0.15) is 0 Å². The van der Waals surface area contributed by atoms with Crippen LogP contribution in [0.3, 0.4) is 0 Å².